The third-order valence-corrected chi connectivity index (χ3v) is 6.05. The fourth-order valence-electron chi connectivity index (χ4n) is 3.31. The Morgan fingerprint density at radius 1 is 1.38 bits per heavy atom. The number of fused-ring (bicyclic) bond motifs is 2. The SMILES string of the molecule is CC[C@@H]1CCc2sc(C(=O)N/N=C\c3cnc4ccccc4n3)cc2C1. The molecule has 2 aromatic heterocycles. The van der Waals surface area contributed by atoms with Gasteiger partial charge in [-0.1, -0.05) is 25.5 Å². The molecule has 132 valence electrons. The first-order chi connectivity index (χ1) is 12.7. The van der Waals surface area contributed by atoms with Crippen molar-refractivity contribution >= 4 is 34.5 Å². The van der Waals surface area contributed by atoms with Gasteiger partial charge in [0.05, 0.1) is 28.3 Å². The molecule has 1 N–H and O–H groups in total. The minimum atomic E-state index is -0.164. The number of hydrogen-bond acceptors (Lipinski definition) is 5. The summed E-state index contributed by atoms with van der Waals surface area (Å²) in [5.41, 5.74) is 6.19. The minimum Gasteiger partial charge on any atom is -0.266 e. The van der Waals surface area contributed by atoms with E-state index in [2.05, 4.69) is 27.4 Å². The molecule has 0 bridgehead atoms. The Labute approximate surface area is 156 Å². The second-order valence-electron chi connectivity index (χ2n) is 6.56. The Morgan fingerprint density at radius 2 is 2.23 bits per heavy atom. The van der Waals surface area contributed by atoms with Crippen LogP contribution in [0.15, 0.2) is 41.6 Å². The molecule has 0 aliphatic heterocycles. The van der Waals surface area contributed by atoms with Crippen LogP contribution in [-0.2, 0) is 12.8 Å². The third kappa shape index (κ3) is 3.51. The molecule has 4 rings (SSSR count). The number of nitrogens with zero attached hydrogens (tertiary/aromatic N) is 3. The van der Waals surface area contributed by atoms with Crippen LogP contribution in [0.5, 0.6) is 0 Å². The number of rotatable bonds is 4. The van der Waals surface area contributed by atoms with Crippen molar-refractivity contribution in [3.8, 4) is 0 Å². The summed E-state index contributed by atoms with van der Waals surface area (Å²) in [5, 5.41) is 4.04. The summed E-state index contributed by atoms with van der Waals surface area (Å²) in [6.45, 7) is 2.24. The number of nitrogens with one attached hydrogen (secondary N) is 1. The van der Waals surface area contributed by atoms with Gasteiger partial charge in [-0.05, 0) is 48.9 Å². The molecule has 1 atom stereocenters. The number of aromatic nitrogens is 2. The second-order valence-corrected chi connectivity index (χ2v) is 7.70. The van der Waals surface area contributed by atoms with E-state index in [0.29, 0.717) is 5.69 Å². The van der Waals surface area contributed by atoms with Crippen molar-refractivity contribution in [2.24, 2.45) is 11.0 Å². The number of hydrazone groups is 1. The van der Waals surface area contributed by atoms with Crippen LogP contribution in [-0.4, -0.2) is 22.1 Å². The lowest BCUT2D eigenvalue weighted by molar-refractivity contribution is 0.0959. The molecular weight excluding hydrogens is 344 g/mol. The van der Waals surface area contributed by atoms with Crippen molar-refractivity contribution in [1.82, 2.24) is 15.4 Å². The van der Waals surface area contributed by atoms with Crippen LogP contribution < -0.4 is 5.43 Å². The zero-order valence-corrected chi connectivity index (χ0v) is 15.4. The Morgan fingerprint density at radius 3 is 3.08 bits per heavy atom. The second kappa shape index (κ2) is 7.33. The van der Waals surface area contributed by atoms with Crippen LogP contribution in [0.4, 0.5) is 0 Å². The molecule has 6 heteroatoms. The van der Waals surface area contributed by atoms with Crippen molar-refractivity contribution in [2.75, 3.05) is 0 Å². The van der Waals surface area contributed by atoms with Gasteiger partial charge < -0.3 is 0 Å². The van der Waals surface area contributed by atoms with Crippen LogP contribution in [0, 0.1) is 5.92 Å². The molecular formula is C20H20N4OS. The minimum absolute atomic E-state index is 0.164. The zero-order chi connectivity index (χ0) is 17.9. The predicted molar refractivity (Wildman–Crippen MR) is 105 cm³/mol. The standard InChI is InChI=1S/C20H20N4OS/c1-2-13-7-8-18-14(9-13)10-19(26-18)20(25)24-22-12-15-11-21-16-5-3-4-6-17(16)23-15/h3-6,10-13H,2,7-9H2,1H3,(H,24,25)/b22-12-/t13-/m1/s1. The molecule has 26 heavy (non-hydrogen) atoms. The van der Waals surface area contributed by atoms with E-state index in [1.165, 1.54) is 29.5 Å². The average molecular weight is 364 g/mol. The van der Waals surface area contributed by atoms with Crippen molar-refractivity contribution < 1.29 is 4.79 Å². The summed E-state index contributed by atoms with van der Waals surface area (Å²) in [6.07, 6.45) is 7.77. The van der Waals surface area contributed by atoms with E-state index in [9.17, 15) is 4.79 Å². The normalized spacial score (nSPS) is 16.7. The van der Waals surface area contributed by atoms with Gasteiger partial charge in [0.1, 0.15) is 5.69 Å². The quantitative estimate of drug-likeness (QED) is 0.563. The van der Waals surface area contributed by atoms with Gasteiger partial charge in [-0.25, -0.2) is 10.4 Å². The van der Waals surface area contributed by atoms with E-state index in [4.69, 9.17) is 0 Å². The Hall–Kier alpha value is -2.60. The smallest absolute Gasteiger partial charge is 0.266 e. The number of carbonyl (C=O) groups excluding carboxylic acids is 1. The maximum Gasteiger partial charge on any atom is 0.281 e. The fraction of sp³-hybridized carbons (Fsp3) is 0.300. The molecule has 1 amide bonds. The first-order valence-electron chi connectivity index (χ1n) is 8.89. The highest BCUT2D eigenvalue weighted by molar-refractivity contribution is 7.14. The average Bonchev–Trinajstić information content (AvgIpc) is 3.11. The molecule has 3 aromatic rings. The number of carbonyl (C=O) groups is 1. The lowest BCUT2D eigenvalue weighted by Gasteiger charge is -2.19. The topological polar surface area (TPSA) is 67.2 Å². The van der Waals surface area contributed by atoms with Gasteiger partial charge in [0.15, 0.2) is 0 Å². The number of para-hydroxylation sites is 2. The molecule has 1 aliphatic carbocycles. The summed E-state index contributed by atoms with van der Waals surface area (Å²) in [7, 11) is 0. The van der Waals surface area contributed by atoms with Crippen molar-refractivity contribution in [3.63, 3.8) is 0 Å². The highest BCUT2D eigenvalue weighted by Crippen LogP contribution is 2.33. The number of benzene rings is 1. The Kier molecular flexibility index (Phi) is 4.75. The van der Waals surface area contributed by atoms with Crippen LogP contribution in [0.3, 0.4) is 0 Å². The maximum absolute atomic E-state index is 12.4. The lowest BCUT2D eigenvalue weighted by atomic mass is 9.87. The van der Waals surface area contributed by atoms with Gasteiger partial charge in [-0.15, -0.1) is 11.3 Å². The molecule has 0 spiro atoms. The zero-order valence-electron chi connectivity index (χ0n) is 14.6. The highest BCUT2D eigenvalue weighted by atomic mass is 32.1. The van der Waals surface area contributed by atoms with E-state index in [-0.39, 0.29) is 5.91 Å². The summed E-state index contributed by atoms with van der Waals surface area (Å²) in [6, 6.07) is 9.68. The van der Waals surface area contributed by atoms with E-state index in [1.54, 1.807) is 17.5 Å². The molecule has 0 radical (unpaired) electrons. The molecule has 0 unspecified atom stereocenters. The van der Waals surface area contributed by atoms with Gasteiger partial charge in [0.2, 0.25) is 0 Å². The van der Waals surface area contributed by atoms with Gasteiger partial charge in [0, 0.05) is 4.88 Å². The number of hydrogen-bond donors (Lipinski definition) is 1. The first-order valence-corrected chi connectivity index (χ1v) is 9.71. The summed E-state index contributed by atoms with van der Waals surface area (Å²) < 4.78 is 0. The van der Waals surface area contributed by atoms with Gasteiger partial charge in [-0.2, -0.15) is 5.10 Å². The molecule has 0 saturated heterocycles. The molecule has 0 fully saturated rings. The van der Waals surface area contributed by atoms with E-state index >= 15 is 0 Å². The number of amides is 1. The molecule has 5 nitrogen and oxygen atoms in total. The predicted octanol–water partition coefficient (Wildman–Crippen LogP) is 3.97. The van der Waals surface area contributed by atoms with Crippen LogP contribution in [0.1, 0.15) is 45.6 Å². The Balaban J connectivity index is 1.43. The van der Waals surface area contributed by atoms with Crippen molar-refractivity contribution in [2.45, 2.75) is 32.6 Å². The van der Waals surface area contributed by atoms with Crippen LogP contribution in [0.25, 0.3) is 11.0 Å². The van der Waals surface area contributed by atoms with Crippen molar-refractivity contribution in [3.05, 3.63) is 57.5 Å². The van der Waals surface area contributed by atoms with E-state index in [1.807, 2.05) is 30.3 Å². The third-order valence-electron chi connectivity index (χ3n) is 4.82. The largest absolute Gasteiger partial charge is 0.281 e. The molecule has 2 heterocycles. The monoisotopic (exact) mass is 364 g/mol. The lowest BCUT2D eigenvalue weighted by Crippen LogP contribution is -2.16. The maximum atomic E-state index is 12.4. The number of aryl methyl sites for hydroxylation is 1. The summed E-state index contributed by atoms with van der Waals surface area (Å²) in [4.78, 5) is 23.2. The summed E-state index contributed by atoms with van der Waals surface area (Å²) in [5.74, 6) is 0.583. The molecule has 1 aromatic carbocycles. The van der Waals surface area contributed by atoms with Gasteiger partial charge in [-0.3, -0.25) is 9.78 Å². The van der Waals surface area contributed by atoms with Crippen molar-refractivity contribution in [1.29, 1.82) is 0 Å². The van der Waals surface area contributed by atoms with E-state index in [0.717, 1.165) is 34.7 Å². The number of thiophene rings is 1. The van der Waals surface area contributed by atoms with Gasteiger partial charge >= 0.3 is 0 Å². The molecule has 0 saturated carbocycles. The summed E-state index contributed by atoms with van der Waals surface area (Å²) >= 11 is 1.59. The van der Waals surface area contributed by atoms with Gasteiger partial charge in [0.25, 0.3) is 5.91 Å². The molecule has 1 aliphatic rings. The highest BCUT2D eigenvalue weighted by Gasteiger charge is 2.21. The van der Waals surface area contributed by atoms with Crippen LogP contribution in [0.2, 0.25) is 0 Å². The van der Waals surface area contributed by atoms with Crippen LogP contribution >= 0.6 is 11.3 Å². The first kappa shape index (κ1) is 16.8. The Bertz CT molecular complexity index is 979. The fourth-order valence-corrected chi connectivity index (χ4v) is 4.40. The van der Waals surface area contributed by atoms with E-state index < -0.39 is 0 Å².